The van der Waals surface area contributed by atoms with Crippen molar-refractivity contribution in [2.45, 2.75) is 46.3 Å². The number of hydrogen-bond acceptors (Lipinski definition) is 3. The van der Waals surface area contributed by atoms with Crippen molar-refractivity contribution in [2.24, 2.45) is 5.92 Å². The molecule has 1 rings (SSSR count). The maximum Gasteiger partial charge on any atom is 0.258 e. The van der Waals surface area contributed by atoms with E-state index in [-0.39, 0.29) is 18.6 Å². The standard InChI is InChI=1S/C16H25NO3/c1-5-15(18)13-6-8-14(9-7-13)20-10-16(19)17-12(4)11(2)3/h6-9,11-12,15,18H,5,10H2,1-4H3,(H,17,19)/t12?,15-/m1/s1. The molecule has 0 aromatic heterocycles. The molecule has 4 nitrogen and oxygen atoms in total. The summed E-state index contributed by atoms with van der Waals surface area (Å²) in [6, 6.07) is 7.31. The summed E-state index contributed by atoms with van der Waals surface area (Å²) in [6.07, 6.45) is 0.231. The molecule has 0 saturated carbocycles. The first-order valence-corrected chi connectivity index (χ1v) is 7.14. The summed E-state index contributed by atoms with van der Waals surface area (Å²) < 4.78 is 5.42. The Kier molecular flexibility index (Phi) is 6.52. The van der Waals surface area contributed by atoms with Crippen molar-refractivity contribution in [1.29, 1.82) is 0 Å². The Balaban J connectivity index is 2.44. The Bertz CT molecular complexity index is 414. The molecule has 0 aliphatic rings. The van der Waals surface area contributed by atoms with Gasteiger partial charge in [0.05, 0.1) is 6.10 Å². The fourth-order valence-electron chi connectivity index (χ4n) is 1.63. The molecular formula is C16H25NO3. The average Bonchev–Trinajstić information content (AvgIpc) is 2.44. The molecule has 0 aliphatic heterocycles. The number of carbonyl (C=O) groups is 1. The number of hydrogen-bond donors (Lipinski definition) is 2. The van der Waals surface area contributed by atoms with Gasteiger partial charge in [-0.15, -0.1) is 0 Å². The number of benzene rings is 1. The summed E-state index contributed by atoms with van der Waals surface area (Å²) in [5.41, 5.74) is 0.859. The number of ether oxygens (including phenoxy) is 1. The van der Waals surface area contributed by atoms with E-state index in [0.29, 0.717) is 18.1 Å². The van der Waals surface area contributed by atoms with E-state index in [1.54, 1.807) is 12.1 Å². The minimum atomic E-state index is -0.445. The fraction of sp³-hybridized carbons (Fsp3) is 0.562. The van der Waals surface area contributed by atoms with Crippen LogP contribution in [-0.2, 0) is 4.79 Å². The summed E-state index contributed by atoms with van der Waals surface area (Å²) in [4.78, 5) is 11.7. The SMILES string of the molecule is CC[C@@H](O)c1ccc(OCC(=O)NC(C)C(C)C)cc1. The second-order valence-electron chi connectivity index (χ2n) is 5.38. The van der Waals surface area contributed by atoms with Crippen molar-refractivity contribution >= 4 is 5.91 Å². The van der Waals surface area contributed by atoms with Crippen LogP contribution in [0.2, 0.25) is 0 Å². The molecule has 0 radical (unpaired) electrons. The number of rotatable bonds is 7. The third kappa shape index (κ3) is 5.21. The molecule has 0 spiro atoms. The molecule has 0 bridgehead atoms. The second kappa shape index (κ2) is 7.90. The Morgan fingerprint density at radius 3 is 2.35 bits per heavy atom. The zero-order chi connectivity index (χ0) is 15.1. The molecule has 0 fully saturated rings. The second-order valence-corrected chi connectivity index (χ2v) is 5.38. The van der Waals surface area contributed by atoms with Gasteiger partial charge in [-0.25, -0.2) is 0 Å². The Morgan fingerprint density at radius 2 is 1.85 bits per heavy atom. The van der Waals surface area contributed by atoms with Gasteiger partial charge in [-0.2, -0.15) is 0 Å². The van der Waals surface area contributed by atoms with E-state index in [1.807, 2.05) is 26.0 Å². The molecule has 4 heteroatoms. The minimum Gasteiger partial charge on any atom is -0.484 e. The average molecular weight is 279 g/mol. The molecule has 2 atom stereocenters. The van der Waals surface area contributed by atoms with Crippen LogP contribution in [-0.4, -0.2) is 23.7 Å². The Morgan fingerprint density at radius 1 is 1.25 bits per heavy atom. The van der Waals surface area contributed by atoms with E-state index in [1.165, 1.54) is 0 Å². The van der Waals surface area contributed by atoms with Crippen LogP contribution in [0, 0.1) is 5.92 Å². The zero-order valence-electron chi connectivity index (χ0n) is 12.7. The predicted molar refractivity (Wildman–Crippen MR) is 79.6 cm³/mol. The van der Waals surface area contributed by atoms with E-state index in [2.05, 4.69) is 19.2 Å². The fourth-order valence-corrected chi connectivity index (χ4v) is 1.63. The van der Waals surface area contributed by atoms with Crippen LogP contribution >= 0.6 is 0 Å². The van der Waals surface area contributed by atoms with E-state index in [0.717, 1.165) is 5.56 Å². The van der Waals surface area contributed by atoms with E-state index in [9.17, 15) is 9.90 Å². The van der Waals surface area contributed by atoms with Crippen molar-refractivity contribution in [2.75, 3.05) is 6.61 Å². The van der Waals surface area contributed by atoms with Crippen LogP contribution in [0.5, 0.6) is 5.75 Å². The molecule has 1 unspecified atom stereocenters. The van der Waals surface area contributed by atoms with Gasteiger partial charge in [0.1, 0.15) is 5.75 Å². The number of aliphatic hydroxyl groups excluding tert-OH is 1. The van der Waals surface area contributed by atoms with Crippen LogP contribution < -0.4 is 10.1 Å². The molecule has 2 N–H and O–H groups in total. The number of nitrogens with one attached hydrogen (secondary N) is 1. The minimum absolute atomic E-state index is 0.00668. The van der Waals surface area contributed by atoms with Crippen LogP contribution in [0.15, 0.2) is 24.3 Å². The molecule has 112 valence electrons. The lowest BCUT2D eigenvalue weighted by molar-refractivity contribution is -0.124. The van der Waals surface area contributed by atoms with Crippen LogP contribution in [0.4, 0.5) is 0 Å². The predicted octanol–water partition coefficient (Wildman–Crippen LogP) is 2.67. The third-order valence-corrected chi connectivity index (χ3v) is 3.41. The monoisotopic (exact) mass is 279 g/mol. The lowest BCUT2D eigenvalue weighted by Gasteiger charge is -2.17. The summed E-state index contributed by atoms with van der Waals surface area (Å²) in [5, 5.41) is 12.6. The first-order chi connectivity index (χ1) is 9.43. The van der Waals surface area contributed by atoms with Gasteiger partial charge >= 0.3 is 0 Å². The van der Waals surface area contributed by atoms with Gasteiger partial charge in [0.25, 0.3) is 5.91 Å². The zero-order valence-corrected chi connectivity index (χ0v) is 12.7. The number of aliphatic hydroxyl groups is 1. The van der Waals surface area contributed by atoms with Crippen molar-refractivity contribution in [3.63, 3.8) is 0 Å². The Hall–Kier alpha value is -1.55. The summed E-state index contributed by atoms with van der Waals surface area (Å²) in [5.74, 6) is 0.905. The lowest BCUT2D eigenvalue weighted by Crippen LogP contribution is -2.38. The van der Waals surface area contributed by atoms with Gasteiger partial charge in [-0.3, -0.25) is 4.79 Å². The quantitative estimate of drug-likeness (QED) is 0.806. The molecule has 1 aromatic carbocycles. The third-order valence-electron chi connectivity index (χ3n) is 3.41. The van der Waals surface area contributed by atoms with Gasteiger partial charge in [0.2, 0.25) is 0 Å². The number of carbonyl (C=O) groups excluding carboxylic acids is 1. The van der Waals surface area contributed by atoms with E-state index >= 15 is 0 Å². The molecule has 0 aliphatic carbocycles. The summed E-state index contributed by atoms with van der Waals surface area (Å²) in [7, 11) is 0. The largest absolute Gasteiger partial charge is 0.484 e. The smallest absolute Gasteiger partial charge is 0.258 e. The molecule has 1 aromatic rings. The van der Waals surface area contributed by atoms with Crippen LogP contribution in [0.1, 0.15) is 45.8 Å². The van der Waals surface area contributed by atoms with Crippen LogP contribution in [0.3, 0.4) is 0 Å². The highest BCUT2D eigenvalue weighted by Crippen LogP contribution is 2.19. The van der Waals surface area contributed by atoms with Crippen molar-refractivity contribution in [3.8, 4) is 5.75 Å². The first-order valence-electron chi connectivity index (χ1n) is 7.14. The van der Waals surface area contributed by atoms with Crippen molar-refractivity contribution < 1.29 is 14.6 Å². The molecule has 1 amide bonds. The van der Waals surface area contributed by atoms with Gasteiger partial charge in [-0.05, 0) is 37.0 Å². The van der Waals surface area contributed by atoms with Gasteiger partial charge in [-0.1, -0.05) is 32.9 Å². The van der Waals surface area contributed by atoms with E-state index < -0.39 is 6.10 Å². The highest BCUT2D eigenvalue weighted by Gasteiger charge is 2.11. The number of amides is 1. The van der Waals surface area contributed by atoms with Gasteiger partial charge in [0.15, 0.2) is 6.61 Å². The van der Waals surface area contributed by atoms with Crippen molar-refractivity contribution in [3.05, 3.63) is 29.8 Å². The van der Waals surface area contributed by atoms with E-state index in [4.69, 9.17) is 4.74 Å². The Labute approximate surface area is 121 Å². The topological polar surface area (TPSA) is 58.6 Å². The summed E-state index contributed by atoms with van der Waals surface area (Å²) >= 11 is 0. The molecule has 20 heavy (non-hydrogen) atoms. The maximum absolute atomic E-state index is 11.7. The first kappa shape index (κ1) is 16.5. The van der Waals surface area contributed by atoms with Gasteiger partial charge < -0.3 is 15.2 Å². The molecule has 0 saturated heterocycles. The van der Waals surface area contributed by atoms with Crippen molar-refractivity contribution in [1.82, 2.24) is 5.32 Å². The normalized spacial score (nSPS) is 13.9. The summed E-state index contributed by atoms with van der Waals surface area (Å²) in [6.45, 7) is 8.03. The maximum atomic E-state index is 11.7. The molecular weight excluding hydrogens is 254 g/mol. The van der Waals surface area contributed by atoms with Gasteiger partial charge in [0, 0.05) is 6.04 Å². The van der Waals surface area contributed by atoms with Crippen LogP contribution in [0.25, 0.3) is 0 Å². The highest BCUT2D eigenvalue weighted by molar-refractivity contribution is 5.77. The highest BCUT2D eigenvalue weighted by atomic mass is 16.5. The molecule has 0 heterocycles. The lowest BCUT2D eigenvalue weighted by atomic mass is 10.1.